The molecule has 0 unspecified atom stereocenters. The molecule has 0 saturated heterocycles. The predicted octanol–water partition coefficient (Wildman–Crippen LogP) is 3.40. The molecule has 0 aliphatic heterocycles. The van der Waals surface area contributed by atoms with Crippen molar-refractivity contribution in [1.82, 2.24) is 14.6 Å². The van der Waals surface area contributed by atoms with Crippen molar-refractivity contribution in [2.24, 2.45) is 0 Å². The van der Waals surface area contributed by atoms with Crippen molar-refractivity contribution in [2.75, 3.05) is 12.3 Å². The van der Waals surface area contributed by atoms with Crippen LogP contribution in [-0.2, 0) is 6.18 Å². The fraction of sp³-hybridized carbons (Fsp3) is 0.200. The Balaban J connectivity index is 2.26. The van der Waals surface area contributed by atoms with Crippen molar-refractivity contribution in [3.8, 4) is 16.9 Å². The number of rotatable bonds is 3. The van der Waals surface area contributed by atoms with Crippen LogP contribution in [0.4, 0.5) is 19.1 Å². The van der Waals surface area contributed by atoms with Gasteiger partial charge in [-0.15, -0.1) is 5.10 Å². The summed E-state index contributed by atoms with van der Waals surface area (Å²) in [6.45, 7) is 2.09. The molecular weight excluding hydrogens is 309 g/mol. The second-order valence-corrected chi connectivity index (χ2v) is 4.80. The number of ether oxygens (including phenoxy) is 1. The molecule has 2 N–H and O–H groups in total. The summed E-state index contributed by atoms with van der Waals surface area (Å²) in [4.78, 5) is 4.08. The van der Waals surface area contributed by atoms with Crippen LogP contribution in [-0.4, -0.2) is 21.2 Å². The quantitative estimate of drug-likeness (QED) is 0.802. The van der Waals surface area contributed by atoms with Crippen LogP contribution in [0.1, 0.15) is 12.5 Å². The number of anilines is 1. The van der Waals surface area contributed by atoms with Crippen LogP contribution >= 0.6 is 0 Å². The molecule has 1 aromatic carbocycles. The Labute approximate surface area is 129 Å². The standard InChI is InChI=1S/C15H13F3N4O/c1-2-23-12-6-5-9(15(16,17)18)8-11(12)10-4-3-7-22-13(10)20-14(19)21-22/h3-8H,2H2,1H3,(H2,19,21). The van der Waals surface area contributed by atoms with Gasteiger partial charge in [-0.2, -0.15) is 18.2 Å². The van der Waals surface area contributed by atoms with Gasteiger partial charge in [0.25, 0.3) is 0 Å². The first kappa shape index (κ1) is 15.1. The molecule has 2 heterocycles. The molecule has 0 aliphatic rings. The number of fused-ring (bicyclic) bond motifs is 1. The summed E-state index contributed by atoms with van der Waals surface area (Å²) < 4.78 is 46.0. The third kappa shape index (κ3) is 2.79. The largest absolute Gasteiger partial charge is 0.493 e. The molecule has 3 rings (SSSR count). The van der Waals surface area contributed by atoms with Crippen LogP contribution < -0.4 is 10.5 Å². The number of nitrogens with zero attached hydrogens (tertiary/aromatic N) is 3. The lowest BCUT2D eigenvalue weighted by Gasteiger charge is -2.14. The normalized spacial score (nSPS) is 11.8. The highest BCUT2D eigenvalue weighted by Gasteiger charge is 2.31. The zero-order valence-electron chi connectivity index (χ0n) is 12.1. The molecule has 2 aromatic heterocycles. The Morgan fingerprint density at radius 1 is 1.22 bits per heavy atom. The van der Waals surface area contributed by atoms with E-state index >= 15 is 0 Å². The third-order valence-electron chi connectivity index (χ3n) is 3.28. The molecule has 0 fully saturated rings. The number of nitrogen functional groups attached to an aromatic ring is 1. The molecule has 23 heavy (non-hydrogen) atoms. The number of halogens is 3. The highest BCUT2D eigenvalue weighted by Crippen LogP contribution is 2.38. The van der Waals surface area contributed by atoms with E-state index in [1.165, 1.54) is 10.6 Å². The van der Waals surface area contributed by atoms with Gasteiger partial charge in [0.2, 0.25) is 5.95 Å². The van der Waals surface area contributed by atoms with Crippen molar-refractivity contribution >= 4 is 11.6 Å². The lowest BCUT2D eigenvalue weighted by atomic mass is 10.0. The molecule has 0 amide bonds. The minimum atomic E-state index is -4.45. The smallest absolute Gasteiger partial charge is 0.416 e. The number of nitrogens with two attached hydrogens (primary N) is 1. The summed E-state index contributed by atoms with van der Waals surface area (Å²) in [7, 11) is 0. The molecule has 0 radical (unpaired) electrons. The van der Waals surface area contributed by atoms with Gasteiger partial charge in [0.1, 0.15) is 5.75 Å². The van der Waals surface area contributed by atoms with Crippen molar-refractivity contribution in [1.29, 1.82) is 0 Å². The molecule has 5 nitrogen and oxygen atoms in total. The zero-order chi connectivity index (χ0) is 16.6. The third-order valence-corrected chi connectivity index (χ3v) is 3.28. The fourth-order valence-electron chi connectivity index (χ4n) is 2.33. The van der Waals surface area contributed by atoms with Crippen molar-refractivity contribution in [3.63, 3.8) is 0 Å². The van der Waals surface area contributed by atoms with Crippen LogP contribution in [0.15, 0.2) is 36.5 Å². The van der Waals surface area contributed by atoms with Crippen molar-refractivity contribution in [3.05, 3.63) is 42.1 Å². The predicted molar refractivity (Wildman–Crippen MR) is 79.0 cm³/mol. The second kappa shape index (κ2) is 5.45. The highest BCUT2D eigenvalue weighted by atomic mass is 19.4. The van der Waals surface area contributed by atoms with Crippen molar-refractivity contribution < 1.29 is 17.9 Å². The summed E-state index contributed by atoms with van der Waals surface area (Å²) in [6, 6.07) is 6.66. The number of hydrogen-bond acceptors (Lipinski definition) is 4. The van der Waals surface area contributed by atoms with E-state index in [1.54, 1.807) is 25.3 Å². The van der Waals surface area contributed by atoms with Gasteiger partial charge in [-0.1, -0.05) is 0 Å². The van der Waals surface area contributed by atoms with Gasteiger partial charge in [0.05, 0.1) is 12.2 Å². The van der Waals surface area contributed by atoms with Gasteiger partial charge < -0.3 is 10.5 Å². The van der Waals surface area contributed by atoms with E-state index in [4.69, 9.17) is 10.5 Å². The lowest BCUT2D eigenvalue weighted by Crippen LogP contribution is -2.06. The fourth-order valence-corrected chi connectivity index (χ4v) is 2.33. The molecule has 0 saturated carbocycles. The minimum absolute atomic E-state index is 0.0439. The monoisotopic (exact) mass is 322 g/mol. The first-order valence-electron chi connectivity index (χ1n) is 6.85. The highest BCUT2D eigenvalue weighted by molar-refractivity contribution is 5.82. The number of hydrogen-bond donors (Lipinski definition) is 1. The van der Waals surface area contributed by atoms with E-state index in [-0.39, 0.29) is 5.95 Å². The van der Waals surface area contributed by atoms with Gasteiger partial charge in [-0.3, -0.25) is 0 Å². The Morgan fingerprint density at radius 3 is 2.70 bits per heavy atom. The molecule has 0 spiro atoms. The van der Waals surface area contributed by atoms with Gasteiger partial charge in [-0.05, 0) is 37.3 Å². The van der Waals surface area contributed by atoms with Gasteiger partial charge >= 0.3 is 6.18 Å². The maximum atomic E-state index is 13.0. The summed E-state index contributed by atoms with van der Waals surface area (Å²) in [5, 5.41) is 3.97. The van der Waals surface area contributed by atoms with E-state index in [2.05, 4.69) is 10.1 Å². The van der Waals surface area contributed by atoms with Crippen molar-refractivity contribution in [2.45, 2.75) is 13.1 Å². The van der Waals surface area contributed by atoms with Gasteiger partial charge in [0.15, 0.2) is 5.65 Å². The maximum absolute atomic E-state index is 13.0. The Bertz CT molecular complexity index is 858. The van der Waals surface area contributed by atoms with Gasteiger partial charge in [-0.25, -0.2) is 4.52 Å². The molecule has 120 valence electrons. The molecule has 0 bridgehead atoms. The Morgan fingerprint density at radius 2 is 2.00 bits per heavy atom. The molecule has 3 aromatic rings. The number of benzene rings is 1. The van der Waals surface area contributed by atoms with Crippen LogP contribution in [0.3, 0.4) is 0 Å². The zero-order valence-corrected chi connectivity index (χ0v) is 12.1. The summed E-state index contributed by atoms with van der Waals surface area (Å²) in [5.41, 5.74) is 5.94. The van der Waals surface area contributed by atoms with E-state index < -0.39 is 11.7 Å². The lowest BCUT2D eigenvalue weighted by molar-refractivity contribution is -0.137. The molecule has 0 aliphatic carbocycles. The summed E-state index contributed by atoms with van der Waals surface area (Å²) >= 11 is 0. The minimum Gasteiger partial charge on any atom is -0.493 e. The average Bonchev–Trinajstić information content (AvgIpc) is 2.87. The maximum Gasteiger partial charge on any atom is 0.416 e. The van der Waals surface area contributed by atoms with Crippen LogP contribution in [0.5, 0.6) is 5.75 Å². The Kier molecular flexibility index (Phi) is 3.59. The van der Waals surface area contributed by atoms with E-state index in [0.717, 1.165) is 12.1 Å². The van der Waals surface area contributed by atoms with Crippen LogP contribution in [0, 0.1) is 0 Å². The Hall–Kier alpha value is -2.77. The summed E-state index contributed by atoms with van der Waals surface area (Å²) in [5.74, 6) is 0.387. The number of aromatic nitrogens is 3. The van der Waals surface area contributed by atoms with E-state index in [1.807, 2.05) is 0 Å². The van der Waals surface area contributed by atoms with Crippen LogP contribution in [0.25, 0.3) is 16.8 Å². The van der Waals surface area contributed by atoms with Crippen LogP contribution in [0.2, 0.25) is 0 Å². The summed E-state index contributed by atoms with van der Waals surface area (Å²) in [6.07, 6.45) is -2.83. The van der Waals surface area contributed by atoms with E-state index in [0.29, 0.717) is 29.1 Å². The molecular formula is C15H13F3N4O. The SMILES string of the molecule is CCOc1ccc(C(F)(F)F)cc1-c1cccn2nc(N)nc12. The average molecular weight is 322 g/mol. The second-order valence-electron chi connectivity index (χ2n) is 4.80. The first-order chi connectivity index (χ1) is 10.9. The number of pyridine rings is 1. The van der Waals surface area contributed by atoms with Gasteiger partial charge in [0, 0.05) is 17.3 Å². The van der Waals surface area contributed by atoms with E-state index in [9.17, 15) is 13.2 Å². The topological polar surface area (TPSA) is 65.4 Å². The molecule has 8 heteroatoms. The number of alkyl halides is 3. The molecule has 0 atom stereocenters. The first-order valence-corrected chi connectivity index (χ1v) is 6.85.